The van der Waals surface area contributed by atoms with Crippen LogP contribution < -0.4 is 5.73 Å². The molecule has 1 nitrogen and oxygen atoms in total. The average molecular weight is 191 g/mol. The fraction of sp³-hybridized carbons (Fsp3) is 1.00. The predicted molar refractivity (Wildman–Crippen MR) is 43.2 cm³/mol. The van der Waals surface area contributed by atoms with Crippen molar-refractivity contribution in [3.63, 3.8) is 0 Å². The molecule has 56 valence electrons. The van der Waals surface area contributed by atoms with E-state index in [0.717, 1.165) is 12.8 Å². The molecule has 0 aromatic rings. The standard InChI is InChI=1S/C5H10Cl3N/c6-5(7,8)3-1-2-4-9/h1-4,9H2. The topological polar surface area (TPSA) is 26.0 Å². The molecule has 0 atom stereocenters. The Morgan fingerprint density at radius 3 is 2.00 bits per heavy atom. The highest BCUT2D eigenvalue weighted by molar-refractivity contribution is 6.67. The Bertz CT molecular complexity index is 69.1. The van der Waals surface area contributed by atoms with E-state index >= 15 is 0 Å². The molecule has 0 aliphatic rings. The molecule has 0 bridgehead atoms. The van der Waals surface area contributed by atoms with Crippen molar-refractivity contribution in [2.24, 2.45) is 5.73 Å². The summed E-state index contributed by atoms with van der Waals surface area (Å²) in [5.41, 5.74) is 5.23. The Kier molecular flexibility index (Phi) is 5.04. The van der Waals surface area contributed by atoms with Gasteiger partial charge in [0.1, 0.15) is 0 Å². The molecule has 0 saturated carbocycles. The number of hydrogen-bond acceptors (Lipinski definition) is 1. The van der Waals surface area contributed by atoms with Crippen LogP contribution in [0.3, 0.4) is 0 Å². The third kappa shape index (κ3) is 8.83. The number of rotatable bonds is 3. The highest BCUT2D eigenvalue weighted by Gasteiger charge is 2.17. The number of nitrogens with two attached hydrogens (primary N) is 1. The Labute approximate surface area is 70.4 Å². The van der Waals surface area contributed by atoms with Crippen molar-refractivity contribution in [3.05, 3.63) is 0 Å². The molecular weight excluding hydrogens is 180 g/mol. The largest absolute Gasteiger partial charge is 0.330 e. The van der Waals surface area contributed by atoms with E-state index in [1.807, 2.05) is 0 Å². The maximum atomic E-state index is 5.46. The monoisotopic (exact) mass is 189 g/mol. The summed E-state index contributed by atoms with van der Waals surface area (Å²) in [6, 6.07) is 0. The lowest BCUT2D eigenvalue weighted by atomic mass is 10.2. The van der Waals surface area contributed by atoms with Crippen LogP contribution in [0.5, 0.6) is 0 Å². The second kappa shape index (κ2) is 4.62. The van der Waals surface area contributed by atoms with Gasteiger partial charge in [-0.15, -0.1) is 0 Å². The third-order valence-electron chi connectivity index (χ3n) is 0.914. The summed E-state index contributed by atoms with van der Waals surface area (Å²) in [4.78, 5) is 0. The molecule has 0 radical (unpaired) electrons. The summed E-state index contributed by atoms with van der Waals surface area (Å²) in [6.45, 7) is 0.667. The summed E-state index contributed by atoms with van der Waals surface area (Å²) in [5, 5.41) is 0. The predicted octanol–water partition coefficient (Wildman–Crippen LogP) is 2.49. The second-order valence-corrected chi connectivity index (χ2v) is 4.38. The maximum absolute atomic E-state index is 5.46. The first kappa shape index (κ1) is 9.83. The van der Waals surface area contributed by atoms with E-state index in [9.17, 15) is 0 Å². The van der Waals surface area contributed by atoms with Crippen LogP contribution in [0.15, 0.2) is 0 Å². The molecule has 9 heavy (non-hydrogen) atoms. The highest BCUT2D eigenvalue weighted by atomic mass is 35.6. The molecular formula is C5H10Cl3N. The minimum absolute atomic E-state index is 0.592. The van der Waals surface area contributed by atoms with Crippen molar-refractivity contribution in [2.45, 2.75) is 23.1 Å². The maximum Gasteiger partial charge on any atom is 0.190 e. The fourth-order valence-corrected chi connectivity index (χ4v) is 0.871. The summed E-state index contributed by atoms with van der Waals surface area (Å²) < 4.78 is -1.09. The van der Waals surface area contributed by atoms with Gasteiger partial charge >= 0.3 is 0 Å². The molecule has 0 unspecified atom stereocenters. The van der Waals surface area contributed by atoms with Gasteiger partial charge in [-0.3, -0.25) is 0 Å². The van der Waals surface area contributed by atoms with E-state index in [0.29, 0.717) is 13.0 Å². The van der Waals surface area contributed by atoms with Crippen LogP contribution >= 0.6 is 34.8 Å². The quantitative estimate of drug-likeness (QED) is 0.537. The van der Waals surface area contributed by atoms with Crippen LogP contribution in [-0.4, -0.2) is 10.3 Å². The minimum Gasteiger partial charge on any atom is -0.330 e. The van der Waals surface area contributed by atoms with Gasteiger partial charge in [0, 0.05) is 0 Å². The van der Waals surface area contributed by atoms with E-state index in [-0.39, 0.29) is 0 Å². The zero-order valence-electron chi connectivity index (χ0n) is 5.04. The van der Waals surface area contributed by atoms with Crippen LogP contribution in [-0.2, 0) is 0 Å². The zero-order chi connectivity index (χ0) is 7.33. The van der Waals surface area contributed by atoms with Gasteiger partial charge in [0.2, 0.25) is 0 Å². The van der Waals surface area contributed by atoms with Crippen molar-refractivity contribution in [3.8, 4) is 0 Å². The molecule has 0 fully saturated rings. The van der Waals surface area contributed by atoms with Crippen LogP contribution in [0.4, 0.5) is 0 Å². The third-order valence-corrected chi connectivity index (χ3v) is 1.48. The van der Waals surface area contributed by atoms with Gasteiger partial charge < -0.3 is 5.73 Å². The molecule has 0 spiro atoms. The van der Waals surface area contributed by atoms with E-state index in [1.165, 1.54) is 0 Å². The van der Waals surface area contributed by atoms with Crippen LogP contribution in [0, 0.1) is 0 Å². The van der Waals surface area contributed by atoms with Crippen molar-refractivity contribution >= 4 is 34.8 Å². The molecule has 0 heterocycles. The van der Waals surface area contributed by atoms with Crippen molar-refractivity contribution in [1.29, 1.82) is 0 Å². The molecule has 0 aromatic carbocycles. The number of hydrogen-bond donors (Lipinski definition) is 1. The summed E-state index contributed by atoms with van der Waals surface area (Å²) in [6.07, 6.45) is 2.40. The number of unbranched alkanes of at least 4 members (excludes halogenated alkanes) is 1. The van der Waals surface area contributed by atoms with Gasteiger partial charge in [-0.2, -0.15) is 0 Å². The first-order valence-corrected chi connectivity index (χ1v) is 3.96. The fourth-order valence-electron chi connectivity index (χ4n) is 0.470. The Morgan fingerprint density at radius 2 is 1.67 bits per heavy atom. The Morgan fingerprint density at radius 1 is 1.11 bits per heavy atom. The van der Waals surface area contributed by atoms with Gasteiger partial charge in [0.15, 0.2) is 3.79 Å². The Hall–Kier alpha value is 0.830. The minimum atomic E-state index is -1.09. The molecule has 0 rings (SSSR count). The Balaban J connectivity index is 3.07. The van der Waals surface area contributed by atoms with Crippen molar-refractivity contribution < 1.29 is 0 Å². The average Bonchev–Trinajstić information content (AvgIpc) is 1.63. The molecule has 0 amide bonds. The molecule has 2 N–H and O–H groups in total. The van der Waals surface area contributed by atoms with E-state index in [1.54, 1.807) is 0 Å². The van der Waals surface area contributed by atoms with E-state index in [2.05, 4.69) is 0 Å². The lowest BCUT2D eigenvalue weighted by Crippen LogP contribution is -2.04. The lowest BCUT2D eigenvalue weighted by molar-refractivity contribution is 0.699. The molecule has 0 saturated heterocycles. The van der Waals surface area contributed by atoms with E-state index < -0.39 is 3.79 Å². The second-order valence-electron chi connectivity index (χ2n) is 1.86. The highest BCUT2D eigenvalue weighted by Crippen LogP contribution is 2.31. The molecule has 0 aliphatic heterocycles. The van der Waals surface area contributed by atoms with Crippen LogP contribution in [0.25, 0.3) is 0 Å². The molecule has 0 aliphatic carbocycles. The van der Waals surface area contributed by atoms with E-state index in [4.69, 9.17) is 40.5 Å². The van der Waals surface area contributed by atoms with Gasteiger partial charge in [0.05, 0.1) is 0 Å². The van der Waals surface area contributed by atoms with Crippen molar-refractivity contribution in [2.75, 3.05) is 6.54 Å². The number of halogens is 3. The lowest BCUT2D eigenvalue weighted by Gasteiger charge is -2.08. The van der Waals surface area contributed by atoms with Gasteiger partial charge in [0.25, 0.3) is 0 Å². The van der Waals surface area contributed by atoms with Crippen LogP contribution in [0.1, 0.15) is 19.3 Å². The van der Waals surface area contributed by atoms with Crippen LogP contribution in [0.2, 0.25) is 0 Å². The molecule has 4 heteroatoms. The van der Waals surface area contributed by atoms with Gasteiger partial charge in [-0.25, -0.2) is 0 Å². The molecule has 0 aromatic heterocycles. The summed E-state index contributed by atoms with van der Waals surface area (Å²) in [7, 11) is 0. The van der Waals surface area contributed by atoms with Gasteiger partial charge in [-0.05, 0) is 25.8 Å². The summed E-state index contributed by atoms with van der Waals surface area (Å²) >= 11 is 16.4. The summed E-state index contributed by atoms with van der Waals surface area (Å²) in [5.74, 6) is 0. The van der Waals surface area contributed by atoms with Crippen molar-refractivity contribution in [1.82, 2.24) is 0 Å². The number of alkyl halides is 3. The SMILES string of the molecule is NCCCCC(Cl)(Cl)Cl. The first-order valence-electron chi connectivity index (χ1n) is 2.83. The smallest absolute Gasteiger partial charge is 0.190 e. The zero-order valence-corrected chi connectivity index (χ0v) is 7.31. The van der Waals surface area contributed by atoms with Gasteiger partial charge in [-0.1, -0.05) is 34.8 Å². The normalized spacial score (nSPS) is 12.0. The first-order chi connectivity index (χ1) is 4.06.